The van der Waals surface area contributed by atoms with Gasteiger partial charge in [0.25, 0.3) is 0 Å². The third kappa shape index (κ3) is 4.20. The van der Waals surface area contributed by atoms with Gasteiger partial charge >= 0.3 is 12.1 Å². The molecule has 1 aliphatic rings. The van der Waals surface area contributed by atoms with Crippen LogP contribution in [0.1, 0.15) is 36.8 Å². The molecule has 0 aromatic heterocycles. The van der Waals surface area contributed by atoms with Gasteiger partial charge in [-0.05, 0) is 31.0 Å². The standard InChI is InChI=1S/C15H18F3NO2/c16-15(17,18)13-7-2-1-5-11(13)10-19-8-4-3-6-12(19)9-14(20)21/h1-2,5,7,12H,3-4,6,8-10H2,(H,20,21)/t12-/m0/s1. The van der Waals surface area contributed by atoms with Crippen molar-refractivity contribution in [1.82, 2.24) is 4.90 Å². The van der Waals surface area contributed by atoms with E-state index in [1.54, 1.807) is 6.07 Å². The average Bonchev–Trinajstić information content (AvgIpc) is 2.40. The Kier molecular flexibility index (Phi) is 4.88. The van der Waals surface area contributed by atoms with E-state index in [1.807, 2.05) is 4.90 Å². The van der Waals surface area contributed by atoms with E-state index in [0.29, 0.717) is 6.54 Å². The molecule has 0 spiro atoms. The molecule has 0 aliphatic carbocycles. The summed E-state index contributed by atoms with van der Waals surface area (Å²) in [6, 6.07) is 5.32. The number of hydrogen-bond donors (Lipinski definition) is 1. The van der Waals surface area contributed by atoms with E-state index in [1.165, 1.54) is 12.1 Å². The normalized spacial score (nSPS) is 20.4. The van der Waals surface area contributed by atoms with Crippen LogP contribution in [0.2, 0.25) is 0 Å². The molecule has 116 valence electrons. The maximum Gasteiger partial charge on any atom is 0.416 e. The van der Waals surface area contributed by atoms with E-state index in [-0.39, 0.29) is 24.6 Å². The molecule has 1 N–H and O–H groups in total. The summed E-state index contributed by atoms with van der Waals surface area (Å²) in [5.41, 5.74) is -0.424. The molecule has 3 nitrogen and oxygen atoms in total. The Hall–Kier alpha value is -1.56. The minimum atomic E-state index is -4.38. The number of carboxylic acid groups (broad SMARTS) is 1. The molecule has 21 heavy (non-hydrogen) atoms. The Morgan fingerprint density at radius 1 is 1.29 bits per heavy atom. The van der Waals surface area contributed by atoms with Crippen LogP contribution in [0.25, 0.3) is 0 Å². The summed E-state index contributed by atoms with van der Waals surface area (Å²) >= 11 is 0. The van der Waals surface area contributed by atoms with Gasteiger partial charge in [-0.2, -0.15) is 13.2 Å². The van der Waals surface area contributed by atoms with Crippen molar-refractivity contribution in [3.8, 4) is 0 Å². The number of benzene rings is 1. The fourth-order valence-electron chi connectivity index (χ4n) is 2.85. The van der Waals surface area contributed by atoms with Crippen LogP contribution in [-0.4, -0.2) is 28.6 Å². The molecule has 1 atom stereocenters. The van der Waals surface area contributed by atoms with E-state index in [9.17, 15) is 18.0 Å². The van der Waals surface area contributed by atoms with Gasteiger partial charge in [0.1, 0.15) is 0 Å². The smallest absolute Gasteiger partial charge is 0.416 e. The zero-order chi connectivity index (χ0) is 15.5. The van der Waals surface area contributed by atoms with Crippen LogP contribution in [0.3, 0.4) is 0 Å². The topological polar surface area (TPSA) is 40.5 Å². The molecule has 6 heteroatoms. The van der Waals surface area contributed by atoms with Gasteiger partial charge in [-0.1, -0.05) is 24.6 Å². The average molecular weight is 301 g/mol. The summed E-state index contributed by atoms with van der Waals surface area (Å²) < 4.78 is 39.0. The van der Waals surface area contributed by atoms with Gasteiger partial charge in [0.15, 0.2) is 0 Å². The number of nitrogens with zero attached hydrogens (tertiary/aromatic N) is 1. The van der Waals surface area contributed by atoms with Gasteiger partial charge in [-0.15, -0.1) is 0 Å². The van der Waals surface area contributed by atoms with E-state index >= 15 is 0 Å². The van der Waals surface area contributed by atoms with Crippen LogP contribution < -0.4 is 0 Å². The lowest BCUT2D eigenvalue weighted by molar-refractivity contribution is -0.140. The first-order valence-electron chi connectivity index (χ1n) is 6.99. The number of likely N-dealkylation sites (tertiary alicyclic amines) is 1. The molecule has 1 saturated heterocycles. The summed E-state index contributed by atoms with van der Waals surface area (Å²) in [6.07, 6.45) is -1.86. The molecular formula is C15H18F3NO2. The Bertz CT molecular complexity index is 502. The highest BCUT2D eigenvalue weighted by Crippen LogP contribution is 2.33. The zero-order valence-electron chi connectivity index (χ0n) is 11.6. The second kappa shape index (κ2) is 6.47. The first-order valence-corrected chi connectivity index (χ1v) is 6.99. The predicted octanol–water partition coefficient (Wildman–Crippen LogP) is 3.53. The van der Waals surface area contributed by atoms with Crippen molar-refractivity contribution >= 4 is 5.97 Å². The van der Waals surface area contributed by atoms with Crippen molar-refractivity contribution in [3.05, 3.63) is 35.4 Å². The van der Waals surface area contributed by atoms with Gasteiger partial charge < -0.3 is 5.11 Å². The fraction of sp³-hybridized carbons (Fsp3) is 0.533. The molecule has 1 fully saturated rings. The largest absolute Gasteiger partial charge is 0.481 e. The molecule has 1 aromatic carbocycles. The van der Waals surface area contributed by atoms with E-state index in [2.05, 4.69) is 0 Å². The fourth-order valence-corrected chi connectivity index (χ4v) is 2.85. The number of rotatable bonds is 4. The monoisotopic (exact) mass is 301 g/mol. The third-order valence-corrected chi connectivity index (χ3v) is 3.86. The lowest BCUT2D eigenvalue weighted by Crippen LogP contribution is -2.40. The zero-order valence-corrected chi connectivity index (χ0v) is 11.6. The Morgan fingerprint density at radius 2 is 2.00 bits per heavy atom. The molecular weight excluding hydrogens is 283 g/mol. The van der Waals surface area contributed by atoms with Crippen molar-refractivity contribution in [1.29, 1.82) is 0 Å². The first-order chi connectivity index (χ1) is 9.88. The summed E-state index contributed by atoms with van der Waals surface area (Å²) in [7, 11) is 0. The number of hydrogen-bond acceptors (Lipinski definition) is 2. The van der Waals surface area contributed by atoms with Crippen LogP contribution >= 0.6 is 0 Å². The van der Waals surface area contributed by atoms with Crippen molar-refractivity contribution in [3.63, 3.8) is 0 Å². The van der Waals surface area contributed by atoms with Gasteiger partial charge in [-0.25, -0.2) is 0 Å². The van der Waals surface area contributed by atoms with Crippen molar-refractivity contribution in [2.45, 2.75) is 44.4 Å². The molecule has 0 amide bonds. The Labute approximate surface area is 121 Å². The number of alkyl halides is 3. The van der Waals surface area contributed by atoms with Crippen LogP contribution in [0.4, 0.5) is 13.2 Å². The van der Waals surface area contributed by atoms with Crippen LogP contribution in [0, 0.1) is 0 Å². The lowest BCUT2D eigenvalue weighted by Gasteiger charge is -2.35. The summed E-state index contributed by atoms with van der Waals surface area (Å²) in [4.78, 5) is 12.7. The second-order valence-corrected chi connectivity index (χ2v) is 5.37. The molecule has 1 heterocycles. The number of aliphatic carboxylic acids is 1. The van der Waals surface area contributed by atoms with Gasteiger partial charge in [0.2, 0.25) is 0 Å². The van der Waals surface area contributed by atoms with Gasteiger partial charge in [-0.3, -0.25) is 9.69 Å². The number of carboxylic acids is 1. The third-order valence-electron chi connectivity index (χ3n) is 3.86. The molecule has 2 rings (SSSR count). The molecule has 1 aromatic rings. The van der Waals surface area contributed by atoms with Crippen molar-refractivity contribution in [2.24, 2.45) is 0 Å². The minimum Gasteiger partial charge on any atom is -0.481 e. The molecule has 0 radical (unpaired) electrons. The lowest BCUT2D eigenvalue weighted by atomic mass is 9.97. The van der Waals surface area contributed by atoms with Crippen LogP contribution in [0.15, 0.2) is 24.3 Å². The van der Waals surface area contributed by atoms with Gasteiger partial charge in [0, 0.05) is 12.6 Å². The predicted molar refractivity (Wildman–Crippen MR) is 71.7 cm³/mol. The quantitative estimate of drug-likeness (QED) is 0.925. The summed E-state index contributed by atoms with van der Waals surface area (Å²) in [5.74, 6) is -0.906. The highest BCUT2D eigenvalue weighted by molar-refractivity contribution is 5.67. The van der Waals surface area contributed by atoms with E-state index < -0.39 is 17.7 Å². The molecule has 1 aliphatic heterocycles. The molecule has 0 unspecified atom stereocenters. The second-order valence-electron chi connectivity index (χ2n) is 5.37. The maximum atomic E-state index is 13.0. The number of piperidine rings is 1. The SMILES string of the molecule is O=C(O)C[C@@H]1CCCCN1Cc1ccccc1C(F)(F)F. The van der Waals surface area contributed by atoms with Crippen molar-refractivity contribution in [2.75, 3.05) is 6.54 Å². The van der Waals surface area contributed by atoms with E-state index in [0.717, 1.165) is 25.3 Å². The van der Waals surface area contributed by atoms with E-state index in [4.69, 9.17) is 5.11 Å². The van der Waals surface area contributed by atoms with Crippen LogP contribution in [0.5, 0.6) is 0 Å². The number of halogens is 3. The number of carbonyl (C=O) groups is 1. The highest BCUT2D eigenvalue weighted by Gasteiger charge is 2.34. The maximum absolute atomic E-state index is 13.0. The highest BCUT2D eigenvalue weighted by atomic mass is 19.4. The summed E-state index contributed by atoms with van der Waals surface area (Å²) in [6.45, 7) is 0.789. The molecule has 0 saturated carbocycles. The molecule has 0 bridgehead atoms. The first kappa shape index (κ1) is 15.8. The Morgan fingerprint density at radius 3 is 2.67 bits per heavy atom. The Balaban J connectivity index is 2.18. The van der Waals surface area contributed by atoms with Gasteiger partial charge in [0.05, 0.1) is 12.0 Å². The van der Waals surface area contributed by atoms with Crippen LogP contribution in [-0.2, 0) is 17.5 Å². The van der Waals surface area contributed by atoms with Crippen molar-refractivity contribution < 1.29 is 23.1 Å². The minimum absolute atomic E-state index is 0.0197. The summed E-state index contributed by atoms with van der Waals surface area (Å²) in [5, 5.41) is 8.93.